The van der Waals surface area contributed by atoms with Crippen LogP contribution in [0.5, 0.6) is 0 Å². The number of rotatable bonds is 8. The normalized spacial score (nSPS) is 11.8. The molecule has 28 heavy (non-hydrogen) atoms. The van der Waals surface area contributed by atoms with Gasteiger partial charge in [-0.05, 0) is 36.1 Å². The van der Waals surface area contributed by atoms with Gasteiger partial charge < -0.3 is 10.1 Å². The predicted molar refractivity (Wildman–Crippen MR) is 104 cm³/mol. The van der Waals surface area contributed by atoms with Crippen LogP contribution >= 0.6 is 11.3 Å². The fraction of sp³-hybridized carbons (Fsp3) is 0.316. The molecule has 2 heterocycles. The molecule has 1 atom stereocenters. The second-order valence-electron chi connectivity index (χ2n) is 6.16. The summed E-state index contributed by atoms with van der Waals surface area (Å²) in [6, 6.07) is 10.9. The third-order valence-corrected chi connectivity index (χ3v) is 4.84. The van der Waals surface area contributed by atoms with Crippen LogP contribution in [0.15, 0.2) is 41.8 Å². The second kappa shape index (κ2) is 9.23. The van der Waals surface area contributed by atoms with E-state index in [1.165, 1.54) is 16.1 Å². The van der Waals surface area contributed by atoms with E-state index in [4.69, 9.17) is 4.74 Å². The molecule has 0 bridgehead atoms. The number of aromatic nitrogens is 4. The number of esters is 1. The number of hydrogen-bond donors (Lipinski definition) is 1. The fourth-order valence-electron chi connectivity index (χ4n) is 2.62. The number of nitrogens with one attached hydrogen (secondary N) is 1. The highest BCUT2D eigenvalue weighted by molar-refractivity contribution is 7.13. The Labute approximate surface area is 166 Å². The molecular formula is C19H21N5O3S. The number of aryl methyl sites for hydroxylation is 1. The Morgan fingerprint density at radius 2 is 2.04 bits per heavy atom. The first-order chi connectivity index (χ1) is 13.5. The molecule has 0 aliphatic rings. The maximum absolute atomic E-state index is 12.5. The lowest BCUT2D eigenvalue weighted by molar-refractivity contribution is -0.143. The van der Waals surface area contributed by atoms with Crippen molar-refractivity contribution in [1.29, 1.82) is 0 Å². The van der Waals surface area contributed by atoms with Crippen molar-refractivity contribution in [2.75, 3.05) is 6.61 Å². The summed E-state index contributed by atoms with van der Waals surface area (Å²) in [5, 5.41) is 16.9. The number of nitrogens with zero attached hydrogens (tertiary/aromatic N) is 4. The van der Waals surface area contributed by atoms with Gasteiger partial charge in [-0.15, -0.1) is 21.5 Å². The first-order valence-electron chi connectivity index (χ1n) is 8.88. The zero-order valence-electron chi connectivity index (χ0n) is 15.7. The molecule has 0 radical (unpaired) electrons. The number of carbonyl (C=O) groups is 2. The third kappa shape index (κ3) is 5.23. The Morgan fingerprint density at radius 1 is 1.25 bits per heavy atom. The van der Waals surface area contributed by atoms with Gasteiger partial charge in [0.2, 0.25) is 11.7 Å². The summed E-state index contributed by atoms with van der Waals surface area (Å²) in [5.41, 5.74) is 1.93. The minimum atomic E-state index is -0.493. The van der Waals surface area contributed by atoms with Crippen molar-refractivity contribution in [3.8, 4) is 10.7 Å². The van der Waals surface area contributed by atoms with Gasteiger partial charge in [0.1, 0.15) is 6.54 Å². The molecule has 1 unspecified atom stereocenters. The molecule has 0 spiro atoms. The smallest absolute Gasteiger partial charge is 0.308 e. The number of hydrogen-bond acceptors (Lipinski definition) is 7. The van der Waals surface area contributed by atoms with E-state index in [1.807, 2.05) is 48.7 Å². The molecule has 0 saturated carbocycles. The van der Waals surface area contributed by atoms with Crippen molar-refractivity contribution in [2.45, 2.75) is 32.9 Å². The molecule has 1 N–H and O–H groups in total. The maximum Gasteiger partial charge on any atom is 0.308 e. The largest absolute Gasteiger partial charge is 0.466 e. The Morgan fingerprint density at radius 3 is 2.71 bits per heavy atom. The molecule has 3 aromatic rings. The Hall–Kier alpha value is -3.07. The van der Waals surface area contributed by atoms with E-state index in [0.29, 0.717) is 12.4 Å². The van der Waals surface area contributed by atoms with Crippen LogP contribution in [0.4, 0.5) is 0 Å². The second-order valence-corrected chi connectivity index (χ2v) is 7.11. The number of ether oxygens (including phenoxy) is 1. The van der Waals surface area contributed by atoms with E-state index < -0.39 is 6.04 Å². The van der Waals surface area contributed by atoms with Crippen molar-refractivity contribution in [3.05, 3.63) is 52.9 Å². The van der Waals surface area contributed by atoms with Crippen LogP contribution in [-0.4, -0.2) is 38.7 Å². The first kappa shape index (κ1) is 19.7. The van der Waals surface area contributed by atoms with E-state index in [0.717, 1.165) is 16.0 Å². The van der Waals surface area contributed by atoms with Crippen molar-refractivity contribution in [3.63, 3.8) is 0 Å². The highest BCUT2D eigenvalue weighted by Crippen LogP contribution is 2.20. The van der Waals surface area contributed by atoms with Gasteiger partial charge in [-0.1, -0.05) is 35.9 Å². The van der Waals surface area contributed by atoms with Gasteiger partial charge in [0.25, 0.3) is 0 Å². The van der Waals surface area contributed by atoms with Crippen LogP contribution in [0, 0.1) is 6.92 Å². The standard InChI is InChI=1S/C19H21N5O3S/c1-3-27-18(26)11-15(14-8-6-13(2)7-9-14)20-17(25)12-24-22-19(21-23-24)16-5-4-10-28-16/h4-10,15H,3,11-12H2,1-2H3,(H,20,25). The monoisotopic (exact) mass is 399 g/mol. The van der Waals surface area contributed by atoms with Gasteiger partial charge in [-0.25, -0.2) is 0 Å². The number of carbonyl (C=O) groups excluding carboxylic acids is 2. The number of amides is 1. The summed E-state index contributed by atoms with van der Waals surface area (Å²) in [4.78, 5) is 26.6. The summed E-state index contributed by atoms with van der Waals surface area (Å²) in [6.07, 6.45) is 0.0495. The number of benzene rings is 1. The van der Waals surface area contributed by atoms with Crippen molar-refractivity contribution < 1.29 is 14.3 Å². The number of tetrazole rings is 1. The molecule has 1 amide bonds. The molecule has 9 heteroatoms. The molecule has 3 rings (SSSR count). The average molecular weight is 399 g/mol. The molecule has 146 valence electrons. The summed E-state index contributed by atoms with van der Waals surface area (Å²) in [6.45, 7) is 3.93. The topological polar surface area (TPSA) is 99.0 Å². The quantitative estimate of drug-likeness (QED) is 0.585. The lowest BCUT2D eigenvalue weighted by Crippen LogP contribution is -2.33. The molecule has 2 aromatic heterocycles. The fourth-order valence-corrected chi connectivity index (χ4v) is 3.27. The van der Waals surface area contributed by atoms with Crippen LogP contribution < -0.4 is 5.32 Å². The minimum Gasteiger partial charge on any atom is -0.466 e. The highest BCUT2D eigenvalue weighted by atomic mass is 32.1. The van der Waals surface area contributed by atoms with E-state index in [1.54, 1.807) is 6.92 Å². The minimum absolute atomic E-state index is 0.0495. The molecule has 1 aromatic carbocycles. The van der Waals surface area contributed by atoms with Gasteiger partial charge in [0.15, 0.2) is 0 Å². The molecule has 0 aliphatic heterocycles. The van der Waals surface area contributed by atoms with Gasteiger partial charge in [-0.2, -0.15) is 4.80 Å². The molecule has 0 saturated heterocycles. The maximum atomic E-state index is 12.5. The van der Waals surface area contributed by atoms with E-state index in [9.17, 15) is 9.59 Å². The zero-order chi connectivity index (χ0) is 19.9. The van der Waals surface area contributed by atoms with Gasteiger partial charge >= 0.3 is 5.97 Å². The van der Waals surface area contributed by atoms with Crippen LogP contribution in [-0.2, 0) is 20.9 Å². The zero-order valence-corrected chi connectivity index (χ0v) is 16.5. The lowest BCUT2D eigenvalue weighted by Gasteiger charge is -2.18. The summed E-state index contributed by atoms with van der Waals surface area (Å²) in [7, 11) is 0. The Kier molecular flexibility index (Phi) is 6.49. The highest BCUT2D eigenvalue weighted by Gasteiger charge is 2.20. The summed E-state index contributed by atoms with van der Waals surface area (Å²) >= 11 is 1.50. The van der Waals surface area contributed by atoms with Gasteiger partial charge in [-0.3, -0.25) is 9.59 Å². The predicted octanol–water partition coefficient (Wildman–Crippen LogP) is 2.52. The molecule has 8 nitrogen and oxygen atoms in total. The van der Waals surface area contributed by atoms with Crippen LogP contribution in [0.2, 0.25) is 0 Å². The summed E-state index contributed by atoms with van der Waals surface area (Å²) < 4.78 is 5.03. The first-order valence-corrected chi connectivity index (χ1v) is 9.76. The van der Waals surface area contributed by atoms with E-state index in [2.05, 4.69) is 20.7 Å². The van der Waals surface area contributed by atoms with Crippen LogP contribution in [0.3, 0.4) is 0 Å². The lowest BCUT2D eigenvalue weighted by atomic mass is 10.0. The van der Waals surface area contributed by atoms with E-state index >= 15 is 0 Å². The number of thiophene rings is 1. The molecular weight excluding hydrogens is 378 g/mol. The Bertz CT molecular complexity index is 921. The van der Waals surface area contributed by atoms with Gasteiger partial charge in [0, 0.05) is 0 Å². The molecule has 0 fully saturated rings. The Balaban J connectivity index is 1.68. The molecule has 0 aliphatic carbocycles. The van der Waals surface area contributed by atoms with Gasteiger partial charge in [0.05, 0.1) is 23.9 Å². The average Bonchev–Trinajstić information content (AvgIpc) is 3.33. The van der Waals surface area contributed by atoms with Crippen LogP contribution in [0.1, 0.15) is 30.5 Å². The summed E-state index contributed by atoms with van der Waals surface area (Å²) in [5.74, 6) is -0.207. The SMILES string of the molecule is CCOC(=O)CC(NC(=O)Cn1nnc(-c2cccs2)n1)c1ccc(C)cc1. The third-order valence-electron chi connectivity index (χ3n) is 3.97. The van der Waals surface area contributed by atoms with Crippen LogP contribution in [0.25, 0.3) is 10.7 Å². The van der Waals surface area contributed by atoms with Crippen molar-refractivity contribution >= 4 is 23.2 Å². The van der Waals surface area contributed by atoms with E-state index in [-0.39, 0.29) is 24.8 Å². The van der Waals surface area contributed by atoms with Crippen molar-refractivity contribution in [2.24, 2.45) is 0 Å². The van der Waals surface area contributed by atoms with Crippen molar-refractivity contribution in [1.82, 2.24) is 25.5 Å².